The van der Waals surface area contributed by atoms with Crippen molar-refractivity contribution < 1.29 is 4.79 Å². The lowest BCUT2D eigenvalue weighted by Crippen LogP contribution is -2.33. The van der Waals surface area contributed by atoms with E-state index >= 15 is 0 Å². The molecule has 1 aliphatic heterocycles. The molecule has 29 heavy (non-hydrogen) atoms. The SMILES string of the molecule is CN1CCCC1CCNC(=O)Cn1ncc(-c2ccccc2)c1-c1ccccc1. The number of benzene rings is 2. The third kappa shape index (κ3) is 4.57. The molecular formula is C24H28N4O. The fourth-order valence-electron chi connectivity index (χ4n) is 4.15. The van der Waals surface area contributed by atoms with Gasteiger partial charge in [0.05, 0.1) is 11.9 Å². The molecule has 1 N–H and O–H groups in total. The van der Waals surface area contributed by atoms with E-state index in [0.29, 0.717) is 12.6 Å². The van der Waals surface area contributed by atoms with Crippen LogP contribution in [-0.4, -0.2) is 46.8 Å². The molecule has 0 aliphatic carbocycles. The molecule has 1 fully saturated rings. The maximum atomic E-state index is 12.6. The van der Waals surface area contributed by atoms with Crippen LogP contribution in [0.1, 0.15) is 19.3 Å². The number of nitrogens with one attached hydrogen (secondary N) is 1. The maximum absolute atomic E-state index is 12.6. The average Bonchev–Trinajstić information content (AvgIpc) is 3.35. The van der Waals surface area contributed by atoms with Crippen molar-refractivity contribution in [2.24, 2.45) is 0 Å². The van der Waals surface area contributed by atoms with Crippen LogP contribution in [0.4, 0.5) is 0 Å². The minimum Gasteiger partial charge on any atom is -0.354 e. The predicted molar refractivity (Wildman–Crippen MR) is 116 cm³/mol. The Labute approximate surface area is 172 Å². The van der Waals surface area contributed by atoms with Crippen molar-refractivity contribution in [1.82, 2.24) is 20.0 Å². The number of amides is 1. The highest BCUT2D eigenvalue weighted by Crippen LogP contribution is 2.31. The molecule has 5 nitrogen and oxygen atoms in total. The van der Waals surface area contributed by atoms with Gasteiger partial charge in [-0.05, 0) is 38.4 Å². The maximum Gasteiger partial charge on any atom is 0.241 e. The van der Waals surface area contributed by atoms with E-state index in [1.54, 1.807) is 0 Å². The van der Waals surface area contributed by atoms with Crippen LogP contribution < -0.4 is 5.32 Å². The van der Waals surface area contributed by atoms with Gasteiger partial charge in [-0.2, -0.15) is 5.10 Å². The summed E-state index contributed by atoms with van der Waals surface area (Å²) >= 11 is 0. The van der Waals surface area contributed by atoms with Crippen molar-refractivity contribution in [2.75, 3.05) is 20.1 Å². The van der Waals surface area contributed by atoms with Gasteiger partial charge in [-0.1, -0.05) is 60.7 Å². The van der Waals surface area contributed by atoms with Gasteiger partial charge in [0.2, 0.25) is 5.91 Å². The van der Waals surface area contributed by atoms with E-state index in [0.717, 1.165) is 35.3 Å². The second-order valence-electron chi connectivity index (χ2n) is 7.71. The smallest absolute Gasteiger partial charge is 0.241 e. The van der Waals surface area contributed by atoms with Gasteiger partial charge in [0, 0.05) is 23.7 Å². The highest BCUT2D eigenvalue weighted by atomic mass is 16.2. The number of hydrogen-bond donors (Lipinski definition) is 1. The first kappa shape index (κ1) is 19.4. The van der Waals surface area contributed by atoms with Crippen LogP contribution in [0.5, 0.6) is 0 Å². The summed E-state index contributed by atoms with van der Waals surface area (Å²) in [6, 6.07) is 20.9. The Hall–Kier alpha value is -2.92. The van der Waals surface area contributed by atoms with Crippen LogP contribution in [0.15, 0.2) is 66.9 Å². The molecule has 1 saturated heterocycles. The molecule has 0 radical (unpaired) electrons. The van der Waals surface area contributed by atoms with Crippen molar-refractivity contribution in [3.63, 3.8) is 0 Å². The molecule has 1 aliphatic rings. The third-order valence-electron chi connectivity index (χ3n) is 5.74. The fourth-order valence-corrected chi connectivity index (χ4v) is 4.15. The Morgan fingerprint density at radius 1 is 1.07 bits per heavy atom. The zero-order valence-corrected chi connectivity index (χ0v) is 16.9. The average molecular weight is 389 g/mol. The van der Waals surface area contributed by atoms with E-state index in [2.05, 4.69) is 46.6 Å². The van der Waals surface area contributed by atoms with Gasteiger partial charge in [-0.3, -0.25) is 9.48 Å². The molecule has 1 amide bonds. The molecule has 3 aromatic rings. The van der Waals surface area contributed by atoms with Crippen molar-refractivity contribution >= 4 is 5.91 Å². The highest BCUT2D eigenvalue weighted by Gasteiger charge is 2.21. The molecular weight excluding hydrogens is 360 g/mol. The Bertz CT molecular complexity index is 936. The van der Waals surface area contributed by atoms with E-state index < -0.39 is 0 Å². The van der Waals surface area contributed by atoms with Gasteiger partial charge < -0.3 is 10.2 Å². The summed E-state index contributed by atoms with van der Waals surface area (Å²) in [5.41, 5.74) is 4.17. The summed E-state index contributed by atoms with van der Waals surface area (Å²) in [6.45, 7) is 2.09. The van der Waals surface area contributed by atoms with Crippen LogP contribution in [0.2, 0.25) is 0 Å². The van der Waals surface area contributed by atoms with Crippen LogP contribution >= 0.6 is 0 Å². The molecule has 2 aromatic carbocycles. The number of likely N-dealkylation sites (tertiary alicyclic amines) is 1. The van der Waals surface area contributed by atoms with Crippen molar-refractivity contribution in [3.05, 3.63) is 66.9 Å². The lowest BCUT2D eigenvalue weighted by atomic mass is 10.0. The number of hydrogen-bond acceptors (Lipinski definition) is 3. The normalized spacial score (nSPS) is 16.8. The first-order valence-electron chi connectivity index (χ1n) is 10.4. The van der Waals surface area contributed by atoms with Gasteiger partial charge in [-0.15, -0.1) is 0 Å². The second-order valence-corrected chi connectivity index (χ2v) is 7.71. The Kier molecular flexibility index (Phi) is 6.06. The first-order chi connectivity index (χ1) is 14.2. The number of carbonyl (C=O) groups excluding carboxylic acids is 1. The summed E-state index contributed by atoms with van der Waals surface area (Å²) in [4.78, 5) is 15.0. The topological polar surface area (TPSA) is 50.2 Å². The molecule has 1 unspecified atom stereocenters. The lowest BCUT2D eigenvalue weighted by Gasteiger charge is -2.19. The standard InChI is InChI=1S/C24H28N4O/c1-27-16-8-13-21(27)14-15-25-23(29)18-28-24(20-11-6-3-7-12-20)22(17-26-28)19-9-4-2-5-10-19/h2-7,9-12,17,21H,8,13-16,18H2,1H3,(H,25,29). The molecule has 0 saturated carbocycles. The predicted octanol–water partition coefficient (Wildman–Crippen LogP) is 3.82. The molecule has 1 aromatic heterocycles. The number of nitrogens with zero attached hydrogens (tertiary/aromatic N) is 3. The molecule has 5 heteroatoms. The van der Waals surface area contributed by atoms with Crippen LogP contribution in [-0.2, 0) is 11.3 Å². The van der Waals surface area contributed by atoms with Crippen molar-refractivity contribution in [1.29, 1.82) is 0 Å². The summed E-state index contributed by atoms with van der Waals surface area (Å²) in [6.07, 6.45) is 5.34. The van der Waals surface area contributed by atoms with E-state index in [-0.39, 0.29) is 12.5 Å². The minimum atomic E-state index is 0.00513. The van der Waals surface area contributed by atoms with Gasteiger partial charge >= 0.3 is 0 Å². The Balaban J connectivity index is 1.50. The number of aromatic nitrogens is 2. The molecule has 0 bridgehead atoms. The highest BCUT2D eigenvalue weighted by molar-refractivity contribution is 5.82. The van der Waals surface area contributed by atoms with E-state index in [1.165, 1.54) is 12.8 Å². The van der Waals surface area contributed by atoms with Crippen molar-refractivity contribution in [3.8, 4) is 22.4 Å². The summed E-state index contributed by atoms with van der Waals surface area (Å²) in [5, 5.41) is 7.63. The summed E-state index contributed by atoms with van der Waals surface area (Å²) in [5.74, 6) is 0.00513. The first-order valence-corrected chi connectivity index (χ1v) is 10.4. The molecule has 4 rings (SSSR count). The third-order valence-corrected chi connectivity index (χ3v) is 5.74. The Morgan fingerprint density at radius 3 is 2.41 bits per heavy atom. The van der Waals surface area contributed by atoms with Crippen LogP contribution in [0, 0.1) is 0 Å². The summed E-state index contributed by atoms with van der Waals surface area (Å²) < 4.78 is 1.81. The number of carbonyl (C=O) groups is 1. The molecule has 1 atom stereocenters. The van der Waals surface area contributed by atoms with E-state index in [4.69, 9.17) is 0 Å². The largest absolute Gasteiger partial charge is 0.354 e. The molecule has 150 valence electrons. The molecule has 2 heterocycles. The van der Waals surface area contributed by atoms with E-state index in [1.807, 2.05) is 47.3 Å². The van der Waals surface area contributed by atoms with E-state index in [9.17, 15) is 4.79 Å². The summed E-state index contributed by atoms with van der Waals surface area (Å²) in [7, 11) is 2.17. The number of rotatable bonds is 7. The molecule has 0 spiro atoms. The van der Waals surface area contributed by atoms with Crippen LogP contribution in [0.3, 0.4) is 0 Å². The monoisotopic (exact) mass is 388 g/mol. The fraction of sp³-hybridized carbons (Fsp3) is 0.333. The Morgan fingerprint density at radius 2 is 1.76 bits per heavy atom. The quantitative estimate of drug-likeness (QED) is 0.669. The zero-order chi connectivity index (χ0) is 20.1. The van der Waals surface area contributed by atoms with Crippen molar-refractivity contribution in [2.45, 2.75) is 31.8 Å². The lowest BCUT2D eigenvalue weighted by molar-refractivity contribution is -0.121. The zero-order valence-electron chi connectivity index (χ0n) is 16.9. The second kappa shape index (κ2) is 9.05. The van der Waals surface area contributed by atoms with Gasteiger partial charge in [0.15, 0.2) is 0 Å². The minimum absolute atomic E-state index is 0.00513. The van der Waals surface area contributed by atoms with Gasteiger partial charge in [0.25, 0.3) is 0 Å². The van der Waals surface area contributed by atoms with Crippen LogP contribution in [0.25, 0.3) is 22.4 Å². The van der Waals surface area contributed by atoms with Gasteiger partial charge in [0.1, 0.15) is 6.54 Å². The van der Waals surface area contributed by atoms with Gasteiger partial charge in [-0.25, -0.2) is 0 Å².